The molecule has 0 aliphatic rings. The molecule has 2 rings (SSSR count). The Balaban J connectivity index is 2.19. The van der Waals surface area contributed by atoms with Crippen LogP contribution in [0.15, 0.2) is 48.5 Å². The van der Waals surface area contributed by atoms with Crippen molar-refractivity contribution in [3.8, 4) is 0 Å². The number of nitrogens with zero attached hydrogens (tertiary/aromatic N) is 1. The highest BCUT2D eigenvalue weighted by molar-refractivity contribution is 5.87. The Morgan fingerprint density at radius 2 is 1.40 bits per heavy atom. The van der Waals surface area contributed by atoms with Gasteiger partial charge in [0.1, 0.15) is 6.04 Å². The van der Waals surface area contributed by atoms with Gasteiger partial charge in [-0.2, -0.15) is 0 Å². The third-order valence-electron chi connectivity index (χ3n) is 5.61. The van der Waals surface area contributed by atoms with Crippen LogP contribution in [0.3, 0.4) is 0 Å². The number of rotatable bonds is 10. The van der Waals surface area contributed by atoms with Crippen LogP contribution in [-0.2, 0) is 22.6 Å². The molecule has 0 unspecified atom stereocenters. The Labute approximate surface area is 181 Å². The lowest BCUT2D eigenvalue weighted by Gasteiger charge is -2.31. The van der Waals surface area contributed by atoms with Gasteiger partial charge in [0, 0.05) is 19.0 Å². The minimum absolute atomic E-state index is 0.0160. The molecular formula is C26H36N2O2. The van der Waals surface area contributed by atoms with E-state index in [4.69, 9.17) is 0 Å². The highest BCUT2D eigenvalue weighted by atomic mass is 16.2. The van der Waals surface area contributed by atoms with Gasteiger partial charge in [0.05, 0.1) is 0 Å². The summed E-state index contributed by atoms with van der Waals surface area (Å²) in [7, 11) is 0. The summed E-state index contributed by atoms with van der Waals surface area (Å²) in [5.74, 6) is -0.0510. The van der Waals surface area contributed by atoms with E-state index >= 15 is 0 Å². The van der Waals surface area contributed by atoms with Crippen LogP contribution >= 0.6 is 0 Å². The zero-order valence-corrected chi connectivity index (χ0v) is 19.1. The summed E-state index contributed by atoms with van der Waals surface area (Å²) >= 11 is 0. The zero-order valence-electron chi connectivity index (χ0n) is 19.1. The van der Waals surface area contributed by atoms with Crippen LogP contribution in [0.5, 0.6) is 0 Å². The minimum atomic E-state index is -0.467. The first-order chi connectivity index (χ1) is 14.3. The quantitative estimate of drug-likeness (QED) is 0.604. The summed E-state index contributed by atoms with van der Waals surface area (Å²) in [4.78, 5) is 28.0. The van der Waals surface area contributed by atoms with Gasteiger partial charge >= 0.3 is 0 Å². The summed E-state index contributed by atoms with van der Waals surface area (Å²) in [6.45, 7) is 10.6. The SMILES string of the molecule is CC[C@H](C(=O)N[C@@H](C)CC)N(Cc1ccc(C)cc1)C(=O)CCc1ccc(C)cc1. The van der Waals surface area contributed by atoms with Gasteiger partial charge in [-0.15, -0.1) is 0 Å². The topological polar surface area (TPSA) is 49.4 Å². The molecular weight excluding hydrogens is 372 g/mol. The van der Waals surface area contributed by atoms with Crippen LogP contribution in [0.2, 0.25) is 0 Å². The fourth-order valence-corrected chi connectivity index (χ4v) is 3.40. The Kier molecular flexibility index (Phi) is 9.10. The van der Waals surface area contributed by atoms with Gasteiger partial charge in [-0.25, -0.2) is 0 Å². The van der Waals surface area contributed by atoms with Gasteiger partial charge in [-0.3, -0.25) is 9.59 Å². The maximum Gasteiger partial charge on any atom is 0.243 e. The summed E-state index contributed by atoms with van der Waals surface area (Å²) in [6.07, 6.45) is 2.51. The van der Waals surface area contributed by atoms with Crippen molar-refractivity contribution >= 4 is 11.8 Å². The van der Waals surface area contributed by atoms with Crippen molar-refractivity contribution in [2.24, 2.45) is 0 Å². The molecule has 2 aromatic rings. The molecule has 0 radical (unpaired) electrons. The second-order valence-electron chi connectivity index (χ2n) is 8.23. The van der Waals surface area contributed by atoms with Crippen molar-refractivity contribution in [2.45, 2.75) is 78.9 Å². The first kappa shape index (κ1) is 23.7. The van der Waals surface area contributed by atoms with Crippen LogP contribution < -0.4 is 5.32 Å². The van der Waals surface area contributed by atoms with E-state index in [0.29, 0.717) is 25.8 Å². The van der Waals surface area contributed by atoms with Gasteiger partial charge < -0.3 is 10.2 Å². The Hall–Kier alpha value is -2.62. The van der Waals surface area contributed by atoms with Gasteiger partial charge in [-0.05, 0) is 51.2 Å². The normalized spacial score (nSPS) is 12.8. The molecule has 0 heterocycles. The molecule has 0 aliphatic carbocycles. The smallest absolute Gasteiger partial charge is 0.243 e. The summed E-state index contributed by atoms with van der Waals surface area (Å²) in [6, 6.07) is 16.1. The molecule has 2 aromatic carbocycles. The molecule has 0 fully saturated rings. The van der Waals surface area contributed by atoms with Crippen molar-refractivity contribution in [3.63, 3.8) is 0 Å². The van der Waals surface area contributed by atoms with E-state index in [2.05, 4.69) is 36.5 Å². The molecule has 0 spiro atoms. The number of carbonyl (C=O) groups is 2. The fourth-order valence-electron chi connectivity index (χ4n) is 3.40. The Bertz CT molecular complexity index is 812. The number of benzene rings is 2. The lowest BCUT2D eigenvalue weighted by molar-refractivity contribution is -0.141. The number of nitrogens with one attached hydrogen (secondary N) is 1. The molecule has 2 atom stereocenters. The summed E-state index contributed by atoms with van der Waals surface area (Å²) in [5.41, 5.74) is 4.57. The van der Waals surface area contributed by atoms with Gasteiger partial charge in [0.25, 0.3) is 0 Å². The molecule has 4 heteroatoms. The number of amides is 2. The molecule has 0 aromatic heterocycles. The second kappa shape index (κ2) is 11.5. The first-order valence-electron chi connectivity index (χ1n) is 11.0. The highest BCUT2D eigenvalue weighted by Crippen LogP contribution is 2.16. The molecule has 0 saturated heterocycles. The zero-order chi connectivity index (χ0) is 22.1. The van der Waals surface area contributed by atoms with Crippen LogP contribution in [0, 0.1) is 13.8 Å². The monoisotopic (exact) mass is 408 g/mol. The molecule has 162 valence electrons. The van der Waals surface area contributed by atoms with E-state index in [0.717, 1.165) is 17.5 Å². The lowest BCUT2D eigenvalue weighted by atomic mass is 10.0. The van der Waals surface area contributed by atoms with Crippen LogP contribution in [-0.4, -0.2) is 28.8 Å². The van der Waals surface area contributed by atoms with E-state index in [-0.39, 0.29) is 17.9 Å². The van der Waals surface area contributed by atoms with Crippen molar-refractivity contribution in [1.82, 2.24) is 10.2 Å². The van der Waals surface area contributed by atoms with Gasteiger partial charge in [0.2, 0.25) is 11.8 Å². The Morgan fingerprint density at radius 3 is 1.90 bits per heavy atom. The molecule has 2 amide bonds. The largest absolute Gasteiger partial charge is 0.352 e. The number of hydrogen-bond donors (Lipinski definition) is 1. The van der Waals surface area contributed by atoms with E-state index in [1.807, 2.05) is 52.0 Å². The number of hydrogen-bond acceptors (Lipinski definition) is 2. The second-order valence-corrected chi connectivity index (χ2v) is 8.23. The van der Waals surface area contributed by atoms with Crippen molar-refractivity contribution in [1.29, 1.82) is 0 Å². The first-order valence-corrected chi connectivity index (χ1v) is 11.0. The third-order valence-corrected chi connectivity index (χ3v) is 5.61. The molecule has 1 N–H and O–H groups in total. The van der Waals surface area contributed by atoms with E-state index in [1.165, 1.54) is 11.1 Å². The Morgan fingerprint density at radius 1 is 0.867 bits per heavy atom. The summed E-state index contributed by atoms with van der Waals surface area (Å²) in [5, 5.41) is 3.06. The van der Waals surface area contributed by atoms with E-state index in [1.54, 1.807) is 4.90 Å². The maximum absolute atomic E-state index is 13.3. The van der Waals surface area contributed by atoms with Gasteiger partial charge in [-0.1, -0.05) is 73.5 Å². The lowest BCUT2D eigenvalue weighted by Crippen LogP contribution is -2.50. The fraction of sp³-hybridized carbons (Fsp3) is 0.462. The van der Waals surface area contributed by atoms with Crippen molar-refractivity contribution in [2.75, 3.05) is 0 Å². The summed E-state index contributed by atoms with van der Waals surface area (Å²) < 4.78 is 0. The van der Waals surface area contributed by atoms with Crippen LogP contribution in [0.1, 0.15) is 62.3 Å². The predicted octanol–water partition coefficient (Wildman–Crippen LogP) is 4.96. The van der Waals surface area contributed by atoms with Crippen LogP contribution in [0.25, 0.3) is 0 Å². The standard InChI is InChI=1S/C26H36N2O2/c1-6-21(5)27-26(30)24(7-2)28(18-23-14-10-20(4)11-15-23)25(29)17-16-22-12-8-19(3)9-13-22/h8-15,21,24H,6-7,16-18H2,1-5H3,(H,27,30)/t21-,24+/m0/s1. The molecule has 0 aliphatic heterocycles. The van der Waals surface area contributed by atoms with Crippen molar-refractivity contribution < 1.29 is 9.59 Å². The highest BCUT2D eigenvalue weighted by Gasteiger charge is 2.28. The van der Waals surface area contributed by atoms with Crippen LogP contribution in [0.4, 0.5) is 0 Å². The average Bonchev–Trinajstić information content (AvgIpc) is 2.74. The minimum Gasteiger partial charge on any atom is -0.352 e. The number of aryl methyl sites for hydroxylation is 3. The number of carbonyl (C=O) groups excluding carboxylic acids is 2. The predicted molar refractivity (Wildman–Crippen MR) is 123 cm³/mol. The molecule has 0 bridgehead atoms. The molecule has 0 saturated carbocycles. The van der Waals surface area contributed by atoms with Gasteiger partial charge in [0.15, 0.2) is 0 Å². The molecule has 4 nitrogen and oxygen atoms in total. The maximum atomic E-state index is 13.3. The third kappa shape index (κ3) is 7.01. The average molecular weight is 409 g/mol. The molecule has 30 heavy (non-hydrogen) atoms. The van der Waals surface area contributed by atoms with E-state index in [9.17, 15) is 9.59 Å². The van der Waals surface area contributed by atoms with E-state index < -0.39 is 6.04 Å². The van der Waals surface area contributed by atoms with Crippen molar-refractivity contribution in [3.05, 3.63) is 70.8 Å².